The second-order valence-corrected chi connectivity index (χ2v) is 7.18. The molecule has 0 spiro atoms. The lowest BCUT2D eigenvalue weighted by molar-refractivity contribution is -0.119. The van der Waals surface area contributed by atoms with Crippen LogP contribution in [0.15, 0.2) is 45.3 Å². The Hall–Kier alpha value is -1.57. The number of hydrogen-bond donors (Lipinski definition) is 2. The Morgan fingerprint density at radius 3 is 2.54 bits per heavy atom. The monoisotopic (exact) mass is 484 g/mol. The average molecular weight is 486 g/mol. The van der Waals surface area contributed by atoms with Crippen molar-refractivity contribution in [1.29, 1.82) is 0 Å². The van der Waals surface area contributed by atoms with E-state index in [1.165, 1.54) is 5.56 Å². The molecule has 3 N–H and O–H groups in total. The maximum atomic E-state index is 11.0. The first kappa shape index (κ1) is 20.7. The van der Waals surface area contributed by atoms with Gasteiger partial charge in [0, 0.05) is 11.0 Å². The zero-order valence-corrected chi connectivity index (χ0v) is 17.7. The van der Waals surface area contributed by atoms with Gasteiger partial charge >= 0.3 is 0 Å². The first-order valence-corrected chi connectivity index (χ1v) is 9.91. The molecule has 0 bridgehead atoms. The van der Waals surface area contributed by atoms with Crippen LogP contribution in [-0.2, 0) is 17.8 Å². The van der Waals surface area contributed by atoms with Crippen molar-refractivity contribution in [3.63, 3.8) is 0 Å². The molecule has 0 aliphatic heterocycles. The van der Waals surface area contributed by atoms with Gasteiger partial charge in [-0.25, -0.2) is 0 Å². The maximum Gasteiger partial charge on any atom is 0.255 e. The van der Waals surface area contributed by atoms with Gasteiger partial charge in [0.2, 0.25) is 0 Å². The second kappa shape index (κ2) is 10.5. The summed E-state index contributed by atoms with van der Waals surface area (Å²) in [6, 6.07) is 12.2. The van der Waals surface area contributed by atoms with Gasteiger partial charge in [-0.05, 0) is 68.9 Å². The van der Waals surface area contributed by atoms with E-state index < -0.39 is 5.91 Å². The number of benzene rings is 2. The molecule has 140 valence electrons. The van der Waals surface area contributed by atoms with E-state index in [4.69, 9.17) is 15.2 Å². The Morgan fingerprint density at radius 1 is 1.15 bits per heavy atom. The van der Waals surface area contributed by atoms with Crippen LogP contribution in [0.25, 0.3) is 0 Å². The number of nitrogens with one attached hydrogen (secondary N) is 1. The van der Waals surface area contributed by atoms with E-state index in [0.29, 0.717) is 29.1 Å². The van der Waals surface area contributed by atoms with E-state index >= 15 is 0 Å². The molecular formula is C19H22Br2N2O3. The summed E-state index contributed by atoms with van der Waals surface area (Å²) in [4.78, 5) is 11.0. The van der Waals surface area contributed by atoms with Crippen LogP contribution in [0, 0.1) is 0 Å². The van der Waals surface area contributed by atoms with Crippen molar-refractivity contribution >= 4 is 37.8 Å². The molecule has 0 aliphatic rings. The minimum atomic E-state index is -0.540. The van der Waals surface area contributed by atoms with E-state index in [1.54, 1.807) is 0 Å². The highest BCUT2D eigenvalue weighted by atomic mass is 79.9. The molecule has 0 saturated heterocycles. The predicted molar refractivity (Wildman–Crippen MR) is 110 cm³/mol. The summed E-state index contributed by atoms with van der Waals surface area (Å²) in [5, 5.41) is 3.44. The Kier molecular flexibility index (Phi) is 8.41. The van der Waals surface area contributed by atoms with Crippen molar-refractivity contribution < 1.29 is 14.3 Å². The molecule has 5 nitrogen and oxygen atoms in total. The van der Waals surface area contributed by atoms with Crippen LogP contribution in [0.5, 0.6) is 11.5 Å². The fourth-order valence-electron chi connectivity index (χ4n) is 2.41. The highest BCUT2D eigenvalue weighted by Crippen LogP contribution is 2.42. The molecule has 0 radical (unpaired) electrons. The Balaban J connectivity index is 2.06. The van der Waals surface area contributed by atoms with Crippen molar-refractivity contribution in [2.75, 3.05) is 19.8 Å². The zero-order valence-electron chi connectivity index (χ0n) is 14.6. The topological polar surface area (TPSA) is 73.6 Å². The van der Waals surface area contributed by atoms with E-state index in [0.717, 1.165) is 23.0 Å². The van der Waals surface area contributed by atoms with Crippen molar-refractivity contribution in [2.45, 2.75) is 19.9 Å². The number of carbonyl (C=O) groups excluding carboxylic acids is 1. The molecule has 2 aromatic carbocycles. The molecule has 0 fully saturated rings. The van der Waals surface area contributed by atoms with E-state index in [1.807, 2.05) is 31.2 Å². The molecule has 2 aromatic rings. The minimum Gasteiger partial charge on any atom is -0.490 e. The predicted octanol–water partition coefficient (Wildman–Crippen LogP) is 3.81. The summed E-state index contributed by atoms with van der Waals surface area (Å²) in [5.41, 5.74) is 7.49. The van der Waals surface area contributed by atoms with Gasteiger partial charge in [0.05, 0.1) is 11.1 Å². The number of halogens is 2. The van der Waals surface area contributed by atoms with Gasteiger partial charge < -0.3 is 20.5 Å². The fraction of sp³-hybridized carbons (Fsp3) is 0.316. The van der Waals surface area contributed by atoms with Crippen LogP contribution in [-0.4, -0.2) is 25.7 Å². The van der Waals surface area contributed by atoms with Gasteiger partial charge in [-0.1, -0.05) is 30.3 Å². The molecule has 2 rings (SSSR count). The van der Waals surface area contributed by atoms with Crippen molar-refractivity contribution in [3.05, 3.63) is 56.5 Å². The first-order chi connectivity index (χ1) is 12.5. The number of amides is 1. The smallest absolute Gasteiger partial charge is 0.255 e. The molecule has 0 unspecified atom stereocenters. The van der Waals surface area contributed by atoms with Gasteiger partial charge in [0.1, 0.15) is 0 Å². The third-order valence-corrected chi connectivity index (χ3v) is 5.80. The van der Waals surface area contributed by atoms with E-state index in [-0.39, 0.29) is 6.61 Å². The summed E-state index contributed by atoms with van der Waals surface area (Å²) in [5.74, 6) is 0.497. The molecule has 0 atom stereocenters. The minimum absolute atomic E-state index is 0.209. The zero-order chi connectivity index (χ0) is 18.9. The summed E-state index contributed by atoms with van der Waals surface area (Å²) in [6.07, 6.45) is 0.956. The molecule has 7 heteroatoms. The first-order valence-electron chi connectivity index (χ1n) is 8.32. The molecular weight excluding hydrogens is 464 g/mol. The molecule has 26 heavy (non-hydrogen) atoms. The highest BCUT2D eigenvalue weighted by Gasteiger charge is 2.18. The SMILES string of the molecule is CCOc1cc(CNCCc2ccccc2)c(Br)c(Br)c1OCC(N)=O. The standard InChI is InChI=1S/C19H22Br2N2O3/c1-2-25-15-10-14(11-23-9-8-13-6-4-3-5-7-13)17(20)18(21)19(15)26-12-16(22)24/h3-7,10,23H,2,8-9,11-12H2,1H3,(H2,22,24). The van der Waals surface area contributed by atoms with E-state index in [9.17, 15) is 4.79 Å². The lowest BCUT2D eigenvalue weighted by Gasteiger charge is -2.17. The third kappa shape index (κ3) is 6.00. The lowest BCUT2D eigenvalue weighted by Crippen LogP contribution is -2.21. The van der Waals surface area contributed by atoms with Crippen molar-refractivity contribution in [2.24, 2.45) is 5.73 Å². The molecule has 1 amide bonds. The average Bonchev–Trinajstić information content (AvgIpc) is 2.63. The number of rotatable bonds is 10. The third-order valence-electron chi connectivity index (χ3n) is 3.61. The van der Waals surface area contributed by atoms with Crippen LogP contribution in [0.1, 0.15) is 18.1 Å². The summed E-state index contributed by atoms with van der Waals surface area (Å²) >= 11 is 7.10. The molecule has 0 aromatic heterocycles. The summed E-state index contributed by atoms with van der Waals surface area (Å²) < 4.78 is 12.7. The van der Waals surface area contributed by atoms with Crippen LogP contribution < -0.4 is 20.5 Å². The van der Waals surface area contributed by atoms with Crippen molar-refractivity contribution in [1.82, 2.24) is 5.32 Å². The maximum absolute atomic E-state index is 11.0. The van der Waals surface area contributed by atoms with Gasteiger partial charge in [-0.15, -0.1) is 0 Å². The van der Waals surface area contributed by atoms with Gasteiger partial charge in [0.15, 0.2) is 18.1 Å². The van der Waals surface area contributed by atoms with Crippen LogP contribution in [0.3, 0.4) is 0 Å². The van der Waals surface area contributed by atoms with Gasteiger partial charge in [-0.3, -0.25) is 4.79 Å². The fourth-order valence-corrected chi connectivity index (χ4v) is 3.40. The summed E-state index contributed by atoms with van der Waals surface area (Å²) in [7, 11) is 0. The Labute approximate surface area is 170 Å². The molecule has 0 heterocycles. The van der Waals surface area contributed by atoms with Crippen LogP contribution >= 0.6 is 31.9 Å². The number of nitrogens with two attached hydrogens (primary N) is 1. The lowest BCUT2D eigenvalue weighted by atomic mass is 10.1. The highest BCUT2D eigenvalue weighted by molar-refractivity contribution is 9.13. The van der Waals surface area contributed by atoms with Crippen LogP contribution in [0.2, 0.25) is 0 Å². The number of carbonyl (C=O) groups is 1. The van der Waals surface area contributed by atoms with Gasteiger partial charge in [-0.2, -0.15) is 0 Å². The summed E-state index contributed by atoms with van der Waals surface area (Å²) in [6.45, 7) is 3.70. The largest absolute Gasteiger partial charge is 0.490 e. The second-order valence-electron chi connectivity index (χ2n) is 5.59. The number of ether oxygens (including phenoxy) is 2. The van der Waals surface area contributed by atoms with Crippen molar-refractivity contribution in [3.8, 4) is 11.5 Å². The van der Waals surface area contributed by atoms with Gasteiger partial charge in [0.25, 0.3) is 5.91 Å². The molecule has 0 aliphatic carbocycles. The van der Waals surface area contributed by atoms with E-state index in [2.05, 4.69) is 49.3 Å². The number of hydrogen-bond acceptors (Lipinski definition) is 4. The normalized spacial score (nSPS) is 10.6. The van der Waals surface area contributed by atoms with Crippen LogP contribution in [0.4, 0.5) is 0 Å². The Bertz CT molecular complexity index is 739. The Morgan fingerprint density at radius 2 is 1.88 bits per heavy atom. The number of primary amides is 1. The quantitative estimate of drug-likeness (QED) is 0.502. The molecule has 0 saturated carbocycles.